The van der Waals surface area contributed by atoms with Crippen LogP contribution in [0.25, 0.3) is 0 Å². The highest BCUT2D eigenvalue weighted by molar-refractivity contribution is 5.78. The molecule has 0 saturated carbocycles. The molecule has 150 valence electrons. The third-order valence-electron chi connectivity index (χ3n) is 3.41. The molecule has 0 radical (unpaired) electrons. The average molecular weight is 377 g/mol. The number of carbonyl (C=O) groups is 4. The number of aliphatic hydroxyl groups excluding tert-OH is 1. The monoisotopic (exact) mass is 377 g/mol. The van der Waals surface area contributed by atoms with Gasteiger partial charge in [-0.2, -0.15) is 0 Å². The molecule has 1 atom stereocenters. The maximum absolute atomic E-state index is 11.5. The van der Waals surface area contributed by atoms with Crippen LogP contribution in [-0.4, -0.2) is 83.6 Å². The number of carboxylic acid groups (broad SMARTS) is 2. The summed E-state index contributed by atoms with van der Waals surface area (Å²) in [5.41, 5.74) is 0. The van der Waals surface area contributed by atoms with E-state index in [1.54, 1.807) is 0 Å². The van der Waals surface area contributed by atoms with Crippen LogP contribution in [0.4, 0.5) is 0 Å². The Hall–Kier alpha value is -2.20. The number of carbonyl (C=O) groups excluding carboxylic acids is 2. The fraction of sp³-hybridized carbons (Fsp3) is 0.750. The van der Waals surface area contributed by atoms with Gasteiger partial charge in [-0.15, -0.1) is 0 Å². The fourth-order valence-electron chi connectivity index (χ4n) is 1.88. The van der Waals surface area contributed by atoms with Crippen LogP contribution in [0, 0.1) is 5.92 Å². The van der Waals surface area contributed by atoms with Crippen molar-refractivity contribution in [3.63, 3.8) is 0 Å². The molecule has 0 amide bonds. The Morgan fingerprint density at radius 1 is 0.923 bits per heavy atom. The molecule has 3 N–H and O–H groups in total. The Morgan fingerprint density at radius 3 is 2.00 bits per heavy atom. The summed E-state index contributed by atoms with van der Waals surface area (Å²) >= 11 is 0. The zero-order valence-corrected chi connectivity index (χ0v) is 14.9. The Kier molecular flexibility index (Phi) is 12.8. The number of nitrogens with zero attached hydrogens (tertiary/aromatic N) is 1. The molecule has 0 fully saturated rings. The first-order valence-corrected chi connectivity index (χ1v) is 8.35. The molecule has 0 aliphatic rings. The molecule has 0 aromatic rings. The quantitative estimate of drug-likeness (QED) is 0.325. The third kappa shape index (κ3) is 13.1. The molecule has 10 heteroatoms. The predicted octanol–water partition coefficient (Wildman–Crippen LogP) is -0.267. The molecule has 26 heavy (non-hydrogen) atoms. The van der Waals surface area contributed by atoms with E-state index in [1.807, 2.05) is 4.90 Å². The first-order valence-electron chi connectivity index (χ1n) is 8.35. The third-order valence-corrected chi connectivity index (χ3v) is 3.41. The van der Waals surface area contributed by atoms with E-state index in [9.17, 15) is 19.2 Å². The first-order chi connectivity index (χ1) is 12.3. The topological polar surface area (TPSA) is 151 Å². The number of carboxylic acids is 2. The number of aliphatic carboxylic acids is 2. The summed E-state index contributed by atoms with van der Waals surface area (Å²) in [5.74, 6) is -4.19. The molecule has 0 aromatic heterocycles. The smallest absolute Gasteiger partial charge is 0.306 e. The van der Waals surface area contributed by atoms with Crippen LogP contribution in [0.15, 0.2) is 0 Å². The van der Waals surface area contributed by atoms with Crippen molar-refractivity contribution < 1.29 is 44.0 Å². The van der Waals surface area contributed by atoms with Crippen LogP contribution in [0.2, 0.25) is 0 Å². The summed E-state index contributed by atoms with van der Waals surface area (Å²) in [4.78, 5) is 45.7. The predicted molar refractivity (Wildman–Crippen MR) is 88.3 cm³/mol. The van der Waals surface area contributed by atoms with Crippen molar-refractivity contribution in [2.24, 2.45) is 5.92 Å². The summed E-state index contributed by atoms with van der Waals surface area (Å²) in [6.45, 7) is 2.64. The molecule has 0 aliphatic heterocycles. The number of esters is 2. The van der Waals surface area contributed by atoms with E-state index < -0.39 is 29.8 Å². The summed E-state index contributed by atoms with van der Waals surface area (Å²) in [6.07, 6.45) is -0.229. The van der Waals surface area contributed by atoms with Gasteiger partial charge < -0.3 is 24.8 Å². The van der Waals surface area contributed by atoms with Gasteiger partial charge >= 0.3 is 23.9 Å². The van der Waals surface area contributed by atoms with E-state index >= 15 is 0 Å². The maximum Gasteiger partial charge on any atom is 0.306 e. The van der Waals surface area contributed by atoms with E-state index in [-0.39, 0.29) is 39.1 Å². The van der Waals surface area contributed by atoms with Crippen molar-refractivity contribution in [3.8, 4) is 0 Å². The number of aliphatic hydroxyl groups is 1. The van der Waals surface area contributed by atoms with E-state index in [2.05, 4.69) is 0 Å². The molecule has 1 unspecified atom stereocenters. The lowest BCUT2D eigenvalue weighted by Gasteiger charge is -2.21. The Balaban J connectivity index is 4.11. The van der Waals surface area contributed by atoms with E-state index in [0.717, 1.165) is 0 Å². The van der Waals surface area contributed by atoms with Gasteiger partial charge in [-0.25, -0.2) is 0 Å². The Labute approximate surface area is 151 Å². The lowest BCUT2D eigenvalue weighted by atomic mass is 10.1. The Morgan fingerprint density at radius 2 is 1.50 bits per heavy atom. The number of ether oxygens (including phenoxy) is 2. The molecule has 0 spiro atoms. The molecule has 0 aliphatic carbocycles. The molecule has 0 bridgehead atoms. The van der Waals surface area contributed by atoms with Crippen molar-refractivity contribution in [1.29, 1.82) is 0 Å². The van der Waals surface area contributed by atoms with Crippen LogP contribution in [0.3, 0.4) is 0 Å². The van der Waals surface area contributed by atoms with Gasteiger partial charge in [0.25, 0.3) is 0 Å². The number of hydrogen-bond donors (Lipinski definition) is 3. The largest absolute Gasteiger partial charge is 0.481 e. The molecular formula is C16H27NO9. The second kappa shape index (κ2) is 14.0. The van der Waals surface area contributed by atoms with Crippen molar-refractivity contribution in [2.75, 3.05) is 39.5 Å². The fourth-order valence-corrected chi connectivity index (χ4v) is 1.88. The molecule has 0 aromatic carbocycles. The second-order valence-electron chi connectivity index (χ2n) is 5.70. The minimum atomic E-state index is -1.08. The van der Waals surface area contributed by atoms with Gasteiger partial charge in [0.15, 0.2) is 0 Å². The van der Waals surface area contributed by atoms with Gasteiger partial charge in [0.05, 0.1) is 25.2 Å². The summed E-state index contributed by atoms with van der Waals surface area (Å²) in [7, 11) is 0. The number of rotatable bonds is 15. The summed E-state index contributed by atoms with van der Waals surface area (Å²) in [6, 6.07) is 0. The van der Waals surface area contributed by atoms with E-state index in [1.165, 1.54) is 6.92 Å². The molecular weight excluding hydrogens is 350 g/mol. The lowest BCUT2D eigenvalue weighted by Crippen LogP contribution is -2.33. The minimum Gasteiger partial charge on any atom is -0.481 e. The van der Waals surface area contributed by atoms with Gasteiger partial charge in [0.2, 0.25) is 0 Å². The van der Waals surface area contributed by atoms with Gasteiger partial charge in [-0.05, 0) is 6.42 Å². The van der Waals surface area contributed by atoms with Crippen molar-refractivity contribution >= 4 is 23.9 Å². The first kappa shape index (κ1) is 23.8. The van der Waals surface area contributed by atoms with Crippen LogP contribution in [-0.2, 0) is 28.7 Å². The molecule has 10 nitrogen and oxygen atoms in total. The van der Waals surface area contributed by atoms with E-state index in [0.29, 0.717) is 26.1 Å². The maximum atomic E-state index is 11.5. The van der Waals surface area contributed by atoms with Crippen molar-refractivity contribution in [2.45, 2.75) is 32.6 Å². The SMILES string of the molecule is CC(CC(=O)OCCN(CCCO)CCOC(=O)CCC(=O)O)C(=O)O. The zero-order chi connectivity index (χ0) is 19.9. The van der Waals surface area contributed by atoms with E-state index in [4.69, 9.17) is 24.8 Å². The average Bonchev–Trinajstić information content (AvgIpc) is 2.57. The second-order valence-corrected chi connectivity index (χ2v) is 5.70. The standard InChI is InChI=1S/C16H27NO9/c1-12(16(23)24)11-15(22)26-10-7-17(5-2-8-18)6-9-25-14(21)4-3-13(19)20/h12,18H,2-11H2,1H3,(H,19,20)(H,23,24). The van der Waals surface area contributed by atoms with Crippen molar-refractivity contribution in [1.82, 2.24) is 4.90 Å². The highest BCUT2D eigenvalue weighted by Gasteiger charge is 2.17. The van der Waals surface area contributed by atoms with Gasteiger partial charge in [-0.1, -0.05) is 6.92 Å². The lowest BCUT2D eigenvalue weighted by molar-refractivity contribution is -0.151. The normalized spacial score (nSPS) is 11.8. The van der Waals surface area contributed by atoms with Gasteiger partial charge in [0, 0.05) is 26.2 Å². The molecule has 0 rings (SSSR count). The van der Waals surface area contributed by atoms with Gasteiger partial charge in [-0.3, -0.25) is 24.1 Å². The van der Waals surface area contributed by atoms with Crippen molar-refractivity contribution in [3.05, 3.63) is 0 Å². The van der Waals surface area contributed by atoms with Crippen LogP contribution < -0.4 is 0 Å². The minimum absolute atomic E-state index is 0.0230. The molecule has 0 saturated heterocycles. The Bertz CT molecular complexity index is 467. The van der Waals surface area contributed by atoms with Crippen LogP contribution in [0.5, 0.6) is 0 Å². The highest BCUT2D eigenvalue weighted by atomic mass is 16.5. The molecule has 0 heterocycles. The highest BCUT2D eigenvalue weighted by Crippen LogP contribution is 2.03. The summed E-state index contributed by atoms with van der Waals surface area (Å²) in [5, 5.41) is 26.1. The van der Waals surface area contributed by atoms with Gasteiger partial charge in [0.1, 0.15) is 13.2 Å². The van der Waals surface area contributed by atoms with Crippen LogP contribution in [0.1, 0.15) is 32.6 Å². The zero-order valence-electron chi connectivity index (χ0n) is 14.9. The van der Waals surface area contributed by atoms with Crippen LogP contribution >= 0.6 is 0 Å². The number of hydrogen-bond acceptors (Lipinski definition) is 8. The summed E-state index contributed by atoms with van der Waals surface area (Å²) < 4.78 is 9.92.